The molecule has 0 aromatic heterocycles. The van der Waals surface area contributed by atoms with Crippen molar-refractivity contribution >= 4 is 11.8 Å². The summed E-state index contributed by atoms with van der Waals surface area (Å²) in [4.78, 5) is 6.01. The SMILES string of the molecule is C[C@H]1CSC[C@H]2C[C@@H]1N(C(C)(C)C)O2. The summed E-state index contributed by atoms with van der Waals surface area (Å²) in [6.45, 7) is 9.07. The van der Waals surface area contributed by atoms with E-state index in [-0.39, 0.29) is 5.54 Å². The van der Waals surface area contributed by atoms with Gasteiger partial charge in [0.1, 0.15) is 0 Å². The molecule has 2 fully saturated rings. The first-order chi connectivity index (χ1) is 6.48. The Labute approximate surface area is 91.3 Å². The minimum Gasteiger partial charge on any atom is -0.294 e. The third-order valence-electron chi connectivity index (χ3n) is 3.07. The summed E-state index contributed by atoms with van der Waals surface area (Å²) >= 11 is 2.05. The Bertz CT molecular complexity index is 214. The van der Waals surface area contributed by atoms with Crippen molar-refractivity contribution in [3.8, 4) is 0 Å². The van der Waals surface area contributed by atoms with Crippen molar-refractivity contribution in [1.82, 2.24) is 5.06 Å². The Balaban J connectivity index is 2.15. The van der Waals surface area contributed by atoms with Crippen LogP contribution in [0.1, 0.15) is 34.1 Å². The van der Waals surface area contributed by atoms with Crippen LogP contribution in [-0.2, 0) is 4.84 Å². The van der Waals surface area contributed by atoms with Crippen molar-refractivity contribution in [2.45, 2.75) is 51.8 Å². The predicted octanol–water partition coefficient (Wildman–Crippen LogP) is 2.54. The number of hydroxylamine groups is 2. The molecule has 0 amide bonds. The number of hydrogen-bond acceptors (Lipinski definition) is 3. The Kier molecular flexibility index (Phi) is 2.84. The molecule has 2 heterocycles. The number of fused-ring (bicyclic) bond motifs is 2. The standard InChI is InChI=1S/C11H21NOS/c1-8-6-14-7-9-5-10(8)12(13-9)11(2,3)4/h8-10H,5-7H2,1-4H3/t8-,9+,10-/m0/s1. The molecule has 3 heteroatoms. The van der Waals surface area contributed by atoms with Crippen LogP contribution in [0.4, 0.5) is 0 Å². The van der Waals surface area contributed by atoms with Gasteiger partial charge < -0.3 is 0 Å². The fourth-order valence-electron chi connectivity index (χ4n) is 2.36. The molecule has 2 saturated heterocycles. The van der Waals surface area contributed by atoms with Gasteiger partial charge >= 0.3 is 0 Å². The smallest absolute Gasteiger partial charge is 0.0899 e. The van der Waals surface area contributed by atoms with Crippen LogP contribution in [-0.4, -0.2) is 34.3 Å². The Morgan fingerprint density at radius 2 is 2.00 bits per heavy atom. The van der Waals surface area contributed by atoms with Gasteiger partial charge in [-0.3, -0.25) is 4.84 Å². The van der Waals surface area contributed by atoms with Crippen LogP contribution in [0.5, 0.6) is 0 Å². The van der Waals surface area contributed by atoms with Gasteiger partial charge in [0.15, 0.2) is 0 Å². The van der Waals surface area contributed by atoms with Crippen LogP contribution < -0.4 is 0 Å². The van der Waals surface area contributed by atoms with Gasteiger partial charge in [-0.15, -0.1) is 0 Å². The van der Waals surface area contributed by atoms with E-state index in [0.717, 1.165) is 5.92 Å². The van der Waals surface area contributed by atoms with E-state index in [9.17, 15) is 0 Å². The zero-order valence-corrected chi connectivity index (χ0v) is 10.4. The van der Waals surface area contributed by atoms with E-state index in [1.54, 1.807) is 0 Å². The molecule has 0 saturated carbocycles. The summed E-state index contributed by atoms with van der Waals surface area (Å²) in [5, 5.41) is 2.25. The molecule has 0 spiro atoms. The minimum atomic E-state index is 0.148. The molecule has 0 aromatic rings. The molecule has 0 aliphatic carbocycles. The first kappa shape index (κ1) is 10.8. The highest BCUT2D eigenvalue weighted by Crippen LogP contribution is 2.38. The topological polar surface area (TPSA) is 12.5 Å². The van der Waals surface area contributed by atoms with Gasteiger partial charge in [0.25, 0.3) is 0 Å². The maximum Gasteiger partial charge on any atom is 0.0899 e. The van der Waals surface area contributed by atoms with E-state index in [1.165, 1.54) is 17.9 Å². The normalized spacial score (nSPS) is 39.9. The second kappa shape index (κ2) is 3.69. The lowest BCUT2D eigenvalue weighted by Crippen LogP contribution is -2.47. The maximum atomic E-state index is 6.01. The molecule has 2 nitrogen and oxygen atoms in total. The summed E-state index contributed by atoms with van der Waals surface area (Å²) in [5.41, 5.74) is 0.148. The van der Waals surface area contributed by atoms with Gasteiger partial charge in [-0.05, 0) is 38.9 Å². The van der Waals surface area contributed by atoms with E-state index >= 15 is 0 Å². The van der Waals surface area contributed by atoms with Gasteiger partial charge in [0, 0.05) is 17.3 Å². The molecule has 0 aromatic carbocycles. The highest BCUT2D eigenvalue weighted by molar-refractivity contribution is 7.99. The molecule has 2 aliphatic heterocycles. The monoisotopic (exact) mass is 215 g/mol. The lowest BCUT2D eigenvalue weighted by molar-refractivity contribution is -0.213. The molecule has 2 bridgehead atoms. The molecular weight excluding hydrogens is 194 g/mol. The highest BCUT2D eigenvalue weighted by atomic mass is 32.2. The van der Waals surface area contributed by atoms with Crippen molar-refractivity contribution < 1.29 is 4.84 Å². The molecule has 2 aliphatic rings. The molecule has 2 rings (SSSR count). The fraction of sp³-hybridized carbons (Fsp3) is 1.00. The number of nitrogens with zero attached hydrogens (tertiary/aromatic N) is 1. The average Bonchev–Trinajstić information content (AvgIpc) is 2.38. The minimum absolute atomic E-state index is 0.148. The zero-order valence-electron chi connectivity index (χ0n) is 9.62. The average molecular weight is 215 g/mol. The highest BCUT2D eigenvalue weighted by Gasteiger charge is 2.43. The first-order valence-corrected chi connectivity index (χ1v) is 6.68. The second-order valence-electron chi connectivity index (χ2n) is 5.54. The summed E-state index contributed by atoms with van der Waals surface area (Å²) in [7, 11) is 0. The van der Waals surface area contributed by atoms with Crippen LogP contribution >= 0.6 is 11.8 Å². The molecule has 0 radical (unpaired) electrons. The van der Waals surface area contributed by atoms with Gasteiger partial charge in [0.05, 0.1) is 6.10 Å². The van der Waals surface area contributed by atoms with Crippen LogP contribution in [0.2, 0.25) is 0 Å². The fourth-order valence-corrected chi connectivity index (χ4v) is 3.55. The molecular formula is C11H21NOS. The van der Waals surface area contributed by atoms with Crippen LogP contribution in [0.3, 0.4) is 0 Å². The summed E-state index contributed by atoms with van der Waals surface area (Å²) in [6, 6.07) is 0.634. The van der Waals surface area contributed by atoms with Crippen molar-refractivity contribution in [2.75, 3.05) is 11.5 Å². The summed E-state index contributed by atoms with van der Waals surface area (Å²) < 4.78 is 0. The zero-order chi connectivity index (χ0) is 10.3. The Morgan fingerprint density at radius 3 is 2.64 bits per heavy atom. The third kappa shape index (κ3) is 1.95. The summed E-state index contributed by atoms with van der Waals surface area (Å²) in [5.74, 6) is 3.22. The first-order valence-electron chi connectivity index (χ1n) is 5.52. The van der Waals surface area contributed by atoms with E-state index in [1.807, 2.05) is 11.8 Å². The number of rotatable bonds is 0. The molecule has 14 heavy (non-hydrogen) atoms. The van der Waals surface area contributed by atoms with Gasteiger partial charge in [-0.1, -0.05) is 6.92 Å². The van der Waals surface area contributed by atoms with E-state index in [0.29, 0.717) is 12.1 Å². The molecule has 3 atom stereocenters. The van der Waals surface area contributed by atoms with Crippen molar-refractivity contribution in [3.63, 3.8) is 0 Å². The van der Waals surface area contributed by atoms with Crippen molar-refractivity contribution in [2.24, 2.45) is 5.92 Å². The Morgan fingerprint density at radius 1 is 1.29 bits per heavy atom. The number of thioether (sulfide) groups is 1. The molecule has 0 N–H and O–H groups in total. The van der Waals surface area contributed by atoms with Crippen LogP contribution in [0.15, 0.2) is 0 Å². The van der Waals surface area contributed by atoms with E-state index < -0.39 is 0 Å². The largest absolute Gasteiger partial charge is 0.294 e. The quantitative estimate of drug-likeness (QED) is 0.616. The van der Waals surface area contributed by atoms with Crippen LogP contribution in [0.25, 0.3) is 0 Å². The van der Waals surface area contributed by atoms with Gasteiger partial charge in [-0.2, -0.15) is 16.8 Å². The van der Waals surface area contributed by atoms with Crippen molar-refractivity contribution in [1.29, 1.82) is 0 Å². The summed E-state index contributed by atoms with van der Waals surface area (Å²) in [6.07, 6.45) is 1.69. The van der Waals surface area contributed by atoms with Crippen LogP contribution in [0, 0.1) is 5.92 Å². The number of hydrogen-bond donors (Lipinski definition) is 0. The van der Waals surface area contributed by atoms with Crippen molar-refractivity contribution in [3.05, 3.63) is 0 Å². The van der Waals surface area contributed by atoms with E-state index in [2.05, 4.69) is 32.8 Å². The Hall–Kier alpha value is 0.270. The maximum absolute atomic E-state index is 6.01. The van der Waals surface area contributed by atoms with Gasteiger partial charge in [0.2, 0.25) is 0 Å². The second-order valence-corrected chi connectivity index (χ2v) is 6.62. The lowest BCUT2D eigenvalue weighted by Gasteiger charge is -2.38. The third-order valence-corrected chi connectivity index (χ3v) is 4.44. The molecule has 82 valence electrons. The lowest BCUT2D eigenvalue weighted by atomic mass is 9.96. The predicted molar refractivity (Wildman–Crippen MR) is 61.4 cm³/mol. The van der Waals surface area contributed by atoms with E-state index in [4.69, 9.17) is 4.84 Å². The molecule has 0 unspecified atom stereocenters. The van der Waals surface area contributed by atoms with Gasteiger partial charge in [-0.25, -0.2) is 0 Å².